The molecule has 3 saturated carbocycles. The number of amides is 2. The molecule has 2 amide bonds. The van der Waals surface area contributed by atoms with Crippen LogP contribution in [0.3, 0.4) is 0 Å². The van der Waals surface area contributed by atoms with Crippen LogP contribution < -0.4 is 10.1 Å². The van der Waals surface area contributed by atoms with E-state index in [1.54, 1.807) is 12.0 Å². The molecular formula is C48H52N2O5. The minimum atomic E-state index is -1.21. The number of carbonyl (C=O) groups excluding carboxylic acids is 2. The van der Waals surface area contributed by atoms with Crippen molar-refractivity contribution in [3.8, 4) is 5.75 Å². The van der Waals surface area contributed by atoms with Gasteiger partial charge in [0.15, 0.2) is 5.78 Å². The van der Waals surface area contributed by atoms with Gasteiger partial charge in [-0.15, -0.1) is 0 Å². The van der Waals surface area contributed by atoms with Crippen LogP contribution in [0.4, 0.5) is 10.5 Å². The van der Waals surface area contributed by atoms with Crippen LogP contribution in [0.15, 0.2) is 121 Å². The highest BCUT2D eigenvalue weighted by Gasteiger charge is 2.74. The number of aliphatic hydroxyl groups is 2. The Balaban J connectivity index is 1.12. The van der Waals surface area contributed by atoms with E-state index in [4.69, 9.17) is 4.74 Å². The second-order valence-electron chi connectivity index (χ2n) is 17.7. The van der Waals surface area contributed by atoms with Gasteiger partial charge < -0.3 is 25.2 Å². The van der Waals surface area contributed by atoms with Crippen LogP contribution in [0.2, 0.25) is 0 Å². The topological polar surface area (TPSA) is 99.1 Å². The van der Waals surface area contributed by atoms with Crippen molar-refractivity contribution in [3.63, 3.8) is 0 Å². The Bertz CT molecular complexity index is 2210. The number of anilines is 1. The predicted molar refractivity (Wildman–Crippen MR) is 216 cm³/mol. The largest absolute Gasteiger partial charge is 0.497 e. The van der Waals surface area contributed by atoms with Crippen LogP contribution in [0.1, 0.15) is 74.7 Å². The van der Waals surface area contributed by atoms with Crippen LogP contribution in [-0.4, -0.2) is 52.3 Å². The van der Waals surface area contributed by atoms with E-state index in [9.17, 15) is 19.8 Å². The molecule has 1 unspecified atom stereocenters. The number of nitrogens with zero attached hydrogens (tertiary/aromatic N) is 1. The highest BCUT2D eigenvalue weighted by molar-refractivity contribution is 6.10. The highest BCUT2D eigenvalue weighted by Crippen LogP contribution is 2.78. The normalized spacial score (nSPS) is 34.3. The number of fused-ring (bicyclic) bond motifs is 2. The Labute approximate surface area is 324 Å². The van der Waals surface area contributed by atoms with Gasteiger partial charge in [0.2, 0.25) is 0 Å². The first-order chi connectivity index (χ1) is 26.5. The average molecular weight is 737 g/mol. The monoisotopic (exact) mass is 736 g/mol. The van der Waals surface area contributed by atoms with Gasteiger partial charge in [-0.3, -0.25) is 4.79 Å². The van der Waals surface area contributed by atoms with Gasteiger partial charge in [-0.2, -0.15) is 0 Å². The minimum absolute atomic E-state index is 0.0120. The Morgan fingerprint density at radius 2 is 1.51 bits per heavy atom. The Hall–Kier alpha value is -4.72. The number of methoxy groups -OCH3 is 1. The molecule has 10 rings (SSSR count). The van der Waals surface area contributed by atoms with Crippen molar-refractivity contribution in [1.29, 1.82) is 0 Å². The predicted octanol–water partition coefficient (Wildman–Crippen LogP) is 9.36. The standard InChI is InChI=1S/C48H52N2O5/c1-44-23-20-36(51)28-46(44)26-27-48(39(29-46)42(52)33-16-18-37(55-3)19-17-33)40(44)21-24-45(2)41(48)22-25-47(45,54)31-50(43(53)49-35-13-5-4-6-14-35)30-34-12-9-11-32-10-7-8-15-38(32)34/h4-19,26-27,29,36,40-41,51,54H,20-25,28,30-31H2,1-3H3,(H,49,53)/t36?,40-,41-,44-,45+,46+,47-,48-/m1/s1. The molecule has 0 heterocycles. The lowest BCUT2D eigenvalue weighted by Gasteiger charge is -2.71. The summed E-state index contributed by atoms with van der Waals surface area (Å²) in [4.78, 5) is 31.2. The molecule has 0 aliphatic heterocycles. The summed E-state index contributed by atoms with van der Waals surface area (Å²) in [7, 11) is 1.63. The average Bonchev–Trinajstić information content (AvgIpc) is 3.47. The third kappa shape index (κ3) is 5.29. The molecule has 6 aliphatic carbocycles. The summed E-state index contributed by atoms with van der Waals surface area (Å²) in [6, 6.07) is 31.1. The number of ether oxygens (including phenoxy) is 1. The number of nitrogens with one attached hydrogen (secondary N) is 1. The smallest absolute Gasteiger partial charge is 0.322 e. The van der Waals surface area contributed by atoms with Gasteiger partial charge in [-0.05, 0) is 115 Å². The molecule has 284 valence electrons. The maximum absolute atomic E-state index is 15.0. The second-order valence-corrected chi connectivity index (χ2v) is 17.7. The van der Waals surface area contributed by atoms with Gasteiger partial charge in [0.25, 0.3) is 0 Å². The molecule has 3 fully saturated rings. The van der Waals surface area contributed by atoms with Crippen LogP contribution in [0, 0.1) is 33.5 Å². The summed E-state index contributed by atoms with van der Waals surface area (Å²) in [5.74, 6) is 0.849. The number of rotatable bonds is 8. The zero-order chi connectivity index (χ0) is 38.2. The number of ketones is 1. The van der Waals surface area contributed by atoms with E-state index in [0.717, 1.165) is 54.0 Å². The summed E-state index contributed by atoms with van der Waals surface area (Å²) in [5, 5.41) is 29.7. The van der Waals surface area contributed by atoms with Crippen molar-refractivity contribution in [3.05, 3.63) is 132 Å². The van der Waals surface area contributed by atoms with E-state index in [0.29, 0.717) is 36.4 Å². The summed E-state index contributed by atoms with van der Waals surface area (Å²) in [6.07, 6.45) is 11.6. The molecule has 7 heteroatoms. The van der Waals surface area contributed by atoms with Gasteiger partial charge in [0, 0.05) is 39.6 Å². The van der Waals surface area contributed by atoms with Crippen LogP contribution in [0.25, 0.3) is 10.8 Å². The van der Waals surface area contributed by atoms with Crippen molar-refractivity contribution in [2.24, 2.45) is 33.5 Å². The Morgan fingerprint density at radius 3 is 2.29 bits per heavy atom. The molecule has 0 saturated heterocycles. The minimum Gasteiger partial charge on any atom is -0.497 e. The van der Waals surface area contributed by atoms with E-state index >= 15 is 0 Å². The van der Waals surface area contributed by atoms with Gasteiger partial charge in [0.05, 0.1) is 25.4 Å². The molecule has 8 atom stereocenters. The molecule has 2 spiro atoms. The van der Waals surface area contributed by atoms with Gasteiger partial charge in [-0.25, -0.2) is 4.79 Å². The van der Waals surface area contributed by atoms with E-state index in [1.807, 2.05) is 72.8 Å². The lowest BCUT2D eigenvalue weighted by atomic mass is 9.32. The van der Waals surface area contributed by atoms with Crippen molar-refractivity contribution in [1.82, 2.24) is 4.90 Å². The van der Waals surface area contributed by atoms with E-state index < -0.39 is 27.9 Å². The summed E-state index contributed by atoms with van der Waals surface area (Å²) in [5.41, 5.74) is 0.195. The molecule has 0 aromatic heterocycles. The fourth-order valence-electron chi connectivity index (χ4n) is 12.4. The first-order valence-corrected chi connectivity index (χ1v) is 20.1. The van der Waals surface area contributed by atoms with E-state index in [1.165, 1.54) is 0 Å². The van der Waals surface area contributed by atoms with Gasteiger partial charge in [-0.1, -0.05) is 92.7 Å². The number of benzene rings is 4. The zero-order valence-electron chi connectivity index (χ0n) is 32.1. The third-order valence-electron chi connectivity index (χ3n) is 15.3. The molecule has 4 aromatic carbocycles. The van der Waals surface area contributed by atoms with Crippen LogP contribution in [-0.2, 0) is 6.54 Å². The number of allylic oxidation sites excluding steroid dienone is 4. The number of para-hydroxylation sites is 1. The Morgan fingerprint density at radius 1 is 0.818 bits per heavy atom. The first kappa shape index (κ1) is 35.9. The van der Waals surface area contributed by atoms with Crippen molar-refractivity contribution < 1.29 is 24.5 Å². The maximum Gasteiger partial charge on any atom is 0.322 e. The SMILES string of the molecule is COc1ccc(C(=O)C2=C[C@@]34C=C[C@@]25[C@@H]2CC[C@@](O)(CN(Cc6cccc7ccccc67)C(=O)Nc6ccccc6)[C@@]2(C)CC[C@@H]5[C@@]3(C)CCC(O)C4)cc1. The number of hydrogen-bond acceptors (Lipinski definition) is 5. The van der Waals surface area contributed by atoms with Crippen LogP contribution in [0.5, 0.6) is 5.75 Å². The Kier molecular flexibility index (Phi) is 8.45. The molecule has 0 radical (unpaired) electrons. The molecule has 6 aliphatic rings. The molecular weight excluding hydrogens is 685 g/mol. The summed E-state index contributed by atoms with van der Waals surface area (Å²) >= 11 is 0. The highest BCUT2D eigenvalue weighted by atomic mass is 16.5. The third-order valence-corrected chi connectivity index (χ3v) is 15.3. The molecule has 3 N–H and O–H groups in total. The first-order valence-electron chi connectivity index (χ1n) is 20.1. The number of urea groups is 1. The summed E-state index contributed by atoms with van der Waals surface area (Å²) in [6.45, 7) is 5.12. The lowest BCUT2D eigenvalue weighted by molar-refractivity contribution is -0.174. The molecule has 7 nitrogen and oxygen atoms in total. The fourth-order valence-corrected chi connectivity index (χ4v) is 12.4. The molecule has 2 bridgehead atoms. The number of carbonyl (C=O) groups is 2. The fraction of sp³-hybridized carbons (Fsp3) is 0.417. The van der Waals surface area contributed by atoms with E-state index in [-0.39, 0.29) is 35.6 Å². The van der Waals surface area contributed by atoms with E-state index in [2.05, 4.69) is 61.7 Å². The summed E-state index contributed by atoms with van der Waals surface area (Å²) < 4.78 is 5.43. The second kappa shape index (κ2) is 12.9. The number of hydrogen-bond donors (Lipinski definition) is 3. The number of aliphatic hydroxyl groups excluding tert-OH is 1. The van der Waals surface area contributed by atoms with Crippen molar-refractivity contribution in [2.75, 3.05) is 19.0 Å². The number of Topliss-reactive ketones (excluding diaryl/α,β-unsaturated/α-hetero) is 1. The molecule has 55 heavy (non-hydrogen) atoms. The lowest BCUT2D eigenvalue weighted by Crippen LogP contribution is -2.67. The zero-order valence-corrected chi connectivity index (χ0v) is 32.1. The van der Waals surface area contributed by atoms with Gasteiger partial charge >= 0.3 is 6.03 Å². The quantitative estimate of drug-likeness (QED) is 0.124. The molecule has 4 aromatic rings. The van der Waals surface area contributed by atoms with Crippen molar-refractivity contribution >= 4 is 28.3 Å². The van der Waals surface area contributed by atoms with Gasteiger partial charge in [0.1, 0.15) is 5.75 Å². The van der Waals surface area contributed by atoms with Crippen LogP contribution >= 0.6 is 0 Å². The maximum atomic E-state index is 15.0. The van der Waals surface area contributed by atoms with Crippen molar-refractivity contribution in [2.45, 2.75) is 77.0 Å².